The molecule has 0 aliphatic rings. The van der Waals surface area contributed by atoms with Crippen LogP contribution in [0.1, 0.15) is 23.1 Å². The van der Waals surface area contributed by atoms with E-state index in [1.165, 1.54) is 0 Å². The third-order valence-corrected chi connectivity index (χ3v) is 2.27. The Bertz CT molecular complexity index is 498. The zero-order valence-corrected chi connectivity index (χ0v) is 8.97. The number of imidazole rings is 1. The monoisotopic (exact) mass is 212 g/mol. The van der Waals surface area contributed by atoms with Crippen LogP contribution < -0.4 is 0 Å². The van der Waals surface area contributed by atoms with Crippen molar-refractivity contribution in [2.24, 2.45) is 0 Å². The van der Waals surface area contributed by atoms with Crippen LogP contribution in [0.4, 0.5) is 0 Å². The molecule has 16 heavy (non-hydrogen) atoms. The molecule has 0 aliphatic carbocycles. The highest BCUT2D eigenvalue weighted by Crippen LogP contribution is 2.09. The molecule has 0 atom stereocenters. The molecule has 0 spiro atoms. The molecule has 1 N–H and O–H groups in total. The number of hydrogen-bond donors (Lipinski definition) is 1. The van der Waals surface area contributed by atoms with Crippen LogP contribution in [0.25, 0.3) is 6.08 Å². The smallest absolute Gasteiger partial charge is 0.188 e. The summed E-state index contributed by atoms with van der Waals surface area (Å²) in [7, 11) is 0. The zero-order valence-electron chi connectivity index (χ0n) is 8.97. The number of aromatic amines is 1. The fraction of sp³-hybridized carbons (Fsp3) is 0.0769. The second-order valence-electron chi connectivity index (χ2n) is 3.50. The third kappa shape index (κ3) is 2.25. The largest absolute Gasteiger partial charge is 0.345 e. The summed E-state index contributed by atoms with van der Waals surface area (Å²) in [4.78, 5) is 18.9. The Labute approximate surface area is 93.8 Å². The van der Waals surface area contributed by atoms with E-state index in [1.807, 2.05) is 30.3 Å². The number of carbonyl (C=O) groups is 1. The molecule has 0 radical (unpaired) electrons. The molecule has 2 aromatic rings. The van der Waals surface area contributed by atoms with Crippen LogP contribution in [0.15, 0.2) is 48.3 Å². The van der Waals surface area contributed by atoms with Gasteiger partial charge >= 0.3 is 0 Å². The van der Waals surface area contributed by atoms with Crippen molar-refractivity contribution in [3.05, 3.63) is 59.7 Å². The number of Topliss-reactive ketones (excluding diaryl/α,β-unsaturated/α-hetero) is 1. The summed E-state index contributed by atoms with van der Waals surface area (Å²) >= 11 is 0. The molecule has 80 valence electrons. The van der Waals surface area contributed by atoms with Gasteiger partial charge in [0, 0.05) is 23.5 Å². The summed E-state index contributed by atoms with van der Waals surface area (Å²) in [6.07, 6.45) is 5.13. The zero-order chi connectivity index (χ0) is 11.4. The highest BCUT2D eigenvalue weighted by molar-refractivity contribution is 6.10. The van der Waals surface area contributed by atoms with E-state index in [9.17, 15) is 4.79 Å². The van der Waals surface area contributed by atoms with Gasteiger partial charge in [0.1, 0.15) is 5.82 Å². The van der Waals surface area contributed by atoms with E-state index in [0.717, 1.165) is 0 Å². The quantitative estimate of drug-likeness (QED) is 0.628. The normalized spacial score (nSPS) is 11.4. The minimum atomic E-state index is 0.0250. The van der Waals surface area contributed by atoms with E-state index < -0.39 is 0 Å². The summed E-state index contributed by atoms with van der Waals surface area (Å²) in [5, 5.41) is 0. The standard InChI is InChI=1S/C13H12N2O/c1-10(9-12-14-7-8-15-12)13(16)11-5-3-2-4-6-11/h2-9H,1H3,(H,14,15)/b10-9+. The fourth-order valence-corrected chi connectivity index (χ4v) is 1.44. The topological polar surface area (TPSA) is 45.8 Å². The summed E-state index contributed by atoms with van der Waals surface area (Å²) in [5.74, 6) is 0.721. The average Bonchev–Trinajstić information content (AvgIpc) is 2.82. The molecule has 1 heterocycles. The van der Waals surface area contributed by atoms with Crippen molar-refractivity contribution in [2.75, 3.05) is 0 Å². The highest BCUT2D eigenvalue weighted by atomic mass is 16.1. The number of ketones is 1. The van der Waals surface area contributed by atoms with Gasteiger partial charge < -0.3 is 4.98 Å². The molecule has 0 fully saturated rings. The van der Waals surface area contributed by atoms with Crippen molar-refractivity contribution in [2.45, 2.75) is 6.92 Å². The van der Waals surface area contributed by atoms with Crippen molar-refractivity contribution < 1.29 is 4.79 Å². The van der Waals surface area contributed by atoms with Crippen LogP contribution in [0.2, 0.25) is 0 Å². The minimum absolute atomic E-state index is 0.0250. The lowest BCUT2D eigenvalue weighted by molar-refractivity contribution is 0.103. The van der Waals surface area contributed by atoms with E-state index in [1.54, 1.807) is 25.4 Å². The molecular weight excluding hydrogens is 200 g/mol. The SMILES string of the molecule is C/C(=C\c1ncc[nH]1)C(=O)c1ccccc1. The molecule has 0 unspecified atom stereocenters. The van der Waals surface area contributed by atoms with Crippen LogP contribution in [-0.2, 0) is 0 Å². The fourth-order valence-electron chi connectivity index (χ4n) is 1.44. The number of carbonyl (C=O) groups excluding carboxylic acids is 1. The minimum Gasteiger partial charge on any atom is -0.345 e. The summed E-state index contributed by atoms with van der Waals surface area (Å²) in [6.45, 7) is 1.79. The molecule has 0 amide bonds. The first-order valence-corrected chi connectivity index (χ1v) is 5.05. The average molecular weight is 212 g/mol. The van der Waals surface area contributed by atoms with Crippen molar-refractivity contribution in [1.82, 2.24) is 9.97 Å². The number of nitrogens with zero attached hydrogens (tertiary/aromatic N) is 1. The van der Waals surface area contributed by atoms with Gasteiger partial charge in [-0.15, -0.1) is 0 Å². The molecule has 0 aliphatic heterocycles. The van der Waals surface area contributed by atoms with Crippen LogP contribution in [0.5, 0.6) is 0 Å². The van der Waals surface area contributed by atoms with Crippen molar-refractivity contribution >= 4 is 11.9 Å². The molecular formula is C13H12N2O. The summed E-state index contributed by atoms with van der Waals surface area (Å²) < 4.78 is 0. The Hall–Kier alpha value is -2.16. The summed E-state index contributed by atoms with van der Waals surface area (Å²) in [6, 6.07) is 9.22. The van der Waals surface area contributed by atoms with E-state index in [4.69, 9.17) is 0 Å². The second kappa shape index (κ2) is 4.57. The number of rotatable bonds is 3. The van der Waals surface area contributed by atoms with Gasteiger partial charge in [0.25, 0.3) is 0 Å². The molecule has 0 bridgehead atoms. The Morgan fingerprint density at radius 3 is 2.69 bits per heavy atom. The van der Waals surface area contributed by atoms with Gasteiger partial charge in [-0.1, -0.05) is 30.3 Å². The number of nitrogens with one attached hydrogen (secondary N) is 1. The maximum absolute atomic E-state index is 12.0. The molecule has 0 saturated heterocycles. The molecule has 3 heteroatoms. The lowest BCUT2D eigenvalue weighted by Gasteiger charge is -1.99. The van der Waals surface area contributed by atoms with Gasteiger partial charge in [-0.3, -0.25) is 4.79 Å². The third-order valence-electron chi connectivity index (χ3n) is 2.27. The van der Waals surface area contributed by atoms with E-state index in [-0.39, 0.29) is 5.78 Å². The molecule has 3 nitrogen and oxygen atoms in total. The Balaban J connectivity index is 2.23. The Morgan fingerprint density at radius 2 is 2.06 bits per heavy atom. The maximum Gasteiger partial charge on any atom is 0.188 e. The lowest BCUT2D eigenvalue weighted by Crippen LogP contribution is -2.00. The first-order valence-electron chi connectivity index (χ1n) is 5.05. The first kappa shape index (κ1) is 10.4. The molecule has 1 aromatic carbocycles. The van der Waals surface area contributed by atoms with Gasteiger partial charge in [-0.25, -0.2) is 4.98 Å². The first-order chi connectivity index (χ1) is 7.77. The maximum atomic E-state index is 12.0. The van der Waals surface area contributed by atoms with Gasteiger partial charge in [-0.2, -0.15) is 0 Å². The van der Waals surface area contributed by atoms with E-state index in [2.05, 4.69) is 9.97 Å². The van der Waals surface area contributed by atoms with Crippen LogP contribution >= 0.6 is 0 Å². The molecule has 0 saturated carbocycles. The van der Waals surface area contributed by atoms with Gasteiger partial charge in [-0.05, 0) is 13.0 Å². The van der Waals surface area contributed by atoms with Gasteiger partial charge in [0.15, 0.2) is 5.78 Å². The van der Waals surface area contributed by atoms with Crippen LogP contribution in [0, 0.1) is 0 Å². The van der Waals surface area contributed by atoms with Crippen molar-refractivity contribution in [1.29, 1.82) is 0 Å². The predicted octanol–water partition coefficient (Wildman–Crippen LogP) is 2.70. The predicted molar refractivity (Wildman–Crippen MR) is 63.0 cm³/mol. The number of aromatic nitrogens is 2. The number of hydrogen-bond acceptors (Lipinski definition) is 2. The Morgan fingerprint density at radius 1 is 1.31 bits per heavy atom. The Kier molecular flexibility index (Phi) is 2.96. The van der Waals surface area contributed by atoms with Crippen molar-refractivity contribution in [3.8, 4) is 0 Å². The molecule has 2 rings (SSSR count). The number of H-pyrrole nitrogens is 1. The van der Waals surface area contributed by atoms with E-state index >= 15 is 0 Å². The van der Waals surface area contributed by atoms with Gasteiger partial charge in [0.2, 0.25) is 0 Å². The van der Waals surface area contributed by atoms with Crippen LogP contribution in [0.3, 0.4) is 0 Å². The number of allylic oxidation sites excluding steroid dienone is 1. The van der Waals surface area contributed by atoms with E-state index in [0.29, 0.717) is 17.0 Å². The molecule has 1 aromatic heterocycles. The van der Waals surface area contributed by atoms with Gasteiger partial charge in [0.05, 0.1) is 0 Å². The summed E-state index contributed by atoms with van der Waals surface area (Å²) in [5.41, 5.74) is 1.36. The number of benzene rings is 1. The van der Waals surface area contributed by atoms with Crippen molar-refractivity contribution in [3.63, 3.8) is 0 Å². The second-order valence-corrected chi connectivity index (χ2v) is 3.50. The highest BCUT2D eigenvalue weighted by Gasteiger charge is 2.07. The lowest BCUT2D eigenvalue weighted by atomic mass is 10.0. The van der Waals surface area contributed by atoms with Crippen LogP contribution in [-0.4, -0.2) is 15.8 Å².